The molecule has 0 aromatic heterocycles. The van der Waals surface area contributed by atoms with Gasteiger partial charge in [-0.1, -0.05) is 18.2 Å². The van der Waals surface area contributed by atoms with Crippen LogP contribution in [0.5, 0.6) is 5.75 Å². The Balaban J connectivity index is 1.39. The zero-order valence-electron chi connectivity index (χ0n) is 26.2. The average molecular weight is 687 g/mol. The summed E-state index contributed by atoms with van der Waals surface area (Å²) in [5, 5.41) is 80.8. The summed E-state index contributed by atoms with van der Waals surface area (Å²) in [5.74, 6) is -2.69. The Kier molecular flexibility index (Phi) is 13.3. The van der Waals surface area contributed by atoms with Gasteiger partial charge in [0.05, 0.1) is 38.6 Å². The molecule has 0 radical (unpaired) electrons. The van der Waals surface area contributed by atoms with Crippen LogP contribution in [0.2, 0.25) is 0 Å². The van der Waals surface area contributed by atoms with Crippen molar-refractivity contribution in [2.75, 3.05) is 26.9 Å². The number of hydrogen-bond acceptors (Lipinski definition) is 17. The molecule has 2 fully saturated rings. The highest BCUT2D eigenvalue weighted by Crippen LogP contribution is 2.36. The number of aliphatic hydroxyl groups is 7. The van der Waals surface area contributed by atoms with Gasteiger partial charge in [0, 0.05) is 11.5 Å². The van der Waals surface area contributed by atoms with Crippen molar-refractivity contribution in [3.8, 4) is 5.75 Å². The van der Waals surface area contributed by atoms with Crippen LogP contribution in [0, 0.1) is 5.92 Å². The maximum Gasteiger partial charge on any atom is 0.337 e. The fraction of sp³-hybridized carbons (Fsp3) is 0.613. The van der Waals surface area contributed by atoms with Gasteiger partial charge in [0.15, 0.2) is 12.6 Å². The molecule has 1 aromatic carbocycles. The third-order valence-electron chi connectivity index (χ3n) is 8.29. The Labute approximate surface area is 275 Å². The molecule has 0 bridgehead atoms. The van der Waals surface area contributed by atoms with Crippen molar-refractivity contribution < 1.29 is 83.6 Å². The normalized spacial score (nSPS) is 36.2. The zero-order valence-corrected chi connectivity index (χ0v) is 26.2. The number of allylic oxidation sites excluding steroid dienone is 1. The summed E-state index contributed by atoms with van der Waals surface area (Å²) < 4.78 is 38.0. The standard InChI is InChI=1S/C31H42O17/c1-3-16-17(18(28(41)42-2)12-45-29(16)48-31-27(40)24(37)22(35)19(11-32)46-31)10-21(34)44-13-20-23(36)25(38)26(39)30(47-20)43-9-8-14-4-6-15(33)7-5-14/h3-7,12,17,19-20,22-27,29-33,35-40H,8-11,13H2,1-2H3/b16-3-/t17-,19?,20?,22?,23?,24?,25?,26?,27?,29-,30?,31?/m0/s1. The van der Waals surface area contributed by atoms with Gasteiger partial charge in [0.25, 0.3) is 0 Å². The third kappa shape index (κ3) is 8.68. The van der Waals surface area contributed by atoms with Crippen LogP contribution in [-0.4, -0.2) is 147 Å². The van der Waals surface area contributed by atoms with Crippen LogP contribution in [0.25, 0.3) is 0 Å². The molecule has 3 aliphatic rings. The Morgan fingerprint density at radius 2 is 1.50 bits per heavy atom. The van der Waals surface area contributed by atoms with Gasteiger partial charge >= 0.3 is 11.9 Å². The van der Waals surface area contributed by atoms with Crippen LogP contribution in [-0.2, 0) is 49.2 Å². The maximum atomic E-state index is 13.1. The summed E-state index contributed by atoms with van der Waals surface area (Å²) in [6.07, 6.45) is -14.6. The molecule has 0 amide bonds. The summed E-state index contributed by atoms with van der Waals surface area (Å²) >= 11 is 0. The van der Waals surface area contributed by atoms with Gasteiger partial charge in [-0.05, 0) is 31.0 Å². The number of phenolic OH excluding ortho intramolecular Hbond substituents is 1. The third-order valence-corrected chi connectivity index (χ3v) is 8.29. The summed E-state index contributed by atoms with van der Waals surface area (Å²) in [6, 6.07) is 6.37. The molecule has 0 saturated carbocycles. The number of methoxy groups -OCH3 is 1. The van der Waals surface area contributed by atoms with Crippen LogP contribution in [0.15, 0.2) is 47.7 Å². The van der Waals surface area contributed by atoms with E-state index < -0.39 is 105 Å². The van der Waals surface area contributed by atoms with Crippen LogP contribution in [0.4, 0.5) is 0 Å². The predicted octanol–water partition coefficient (Wildman–Crippen LogP) is -2.52. The van der Waals surface area contributed by atoms with Crippen molar-refractivity contribution >= 4 is 11.9 Å². The first kappa shape index (κ1) is 37.6. The molecule has 8 N–H and O–H groups in total. The van der Waals surface area contributed by atoms with Crippen LogP contribution in [0.1, 0.15) is 18.9 Å². The molecule has 0 aliphatic carbocycles. The Hall–Kier alpha value is -3.20. The van der Waals surface area contributed by atoms with E-state index in [0.29, 0.717) is 6.42 Å². The van der Waals surface area contributed by atoms with Crippen molar-refractivity contribution in [2.24, 2.45) is 5.92 Å². The first-order chi connectivity index (χ1) is 22.9. The monoisotopic (exact) mass is 686 g/mol. The minimum absolute atomic E-state index is 0.0483. The van der Waals surface area contributed by atoms with E-state index in [-0.39, 0.29) is 23.5 Å². The van der Waals surface area contributed by atoms with Gasteiger partial charge in [-0.25, -0.2) is 4.79 Å². The topological polar surface area (TPSA) is 261 Å². The van der Waals surface area contributed by atoms with Crippen LogP contribution in [0.3, 0.4) is 0 Å². The van der Waals surface area contributed by atoms with Crippen molar-refractivity contribution in [3.63, 3.8) is 0 Å². The van der Waals surface area contributed by atoms with E-state index in [2.05, 4.69) is 0 Å². The largest absolute Gasteiger partial charge is 0.508 e. The Bertz CT molecular complexity index is 1280. The molecule has 1 aromatic rings. The molecule has 3 aliphatic heterocycles. The van der Waals surface area contributed by atoms with Crippen molar-refractivity contribution in [1.82, 2.24) is 0 Å². The molecule has 4 rings (SSSR count). The summed E-state index contributed by atoms with van der Waals surface area (Å²) in [5.41, 5.74) is 0.922. The number of ether oxygens (including phenoxy) is 7. The number of benzene rings is 1. The van der Waals surface area contributed by atoms with Gasteiger partial charge in [-0.2, -0.15) is 0 Å². The van der Waals surface area contributed by atoms with E-state index in [4.69, 9.17) is 33.2 Å². The molecule has 12 atom stereocenters. The molecule has 10 unspecified atom stereocenters. The van der Waals surface area contributed by atoms with E-state index in [1.54, 1.807) is 19.1 Å². The van der Waals surface area contributed by atoms with Gasteiger partial charge in [0.2, 0.25) is 6.29 Å². The number of phenols is 1. The molecule has 17 heteroatoms. The number of hydrogen-bond donors (Lipinski definition) is 8. The molecule has 17 nitrogen and oxygen atoms in total. The fourth-order valence-electron chi connectivity index (χ4n) is 5.47. The second-order valence-corrected chi connectivity index (χ2v) is 11.4. The predicted molar refractivity (Wildman–Crippen MR) is 157 cm³/mol. The van der Waals surface area contributed by atoms with E-state index in [0.717, 1.165) is 18.9 Å². The molecule has 3 heterocycles. The first-order valence-electron chi connectivity index (χ1n) is 15.2. The van der Waals surface area contributed by atoms with Gasteiger partial charge in [0.1, 0.15) is 61.2 Å². The van der Waals surface area contributed by atoms with Crippen LogP contribution >= 0.6 is 0 Å². The molecular weight excluding hydrogens is 644 g/mol. The van der Waals surface area contributed by atoms with Gasteiger partial charge < -0.3 is 74.0 Å². The fourth-order valence-corrected chi connectivity index (χ4v) is 5.47. The van der Waals surface area contributed by atoms with E-state index in [9.17, 15) is 50.4 Å². The zero-order chi connectivity index (χ0) is 35.1. The van der Waals surface area contributed by atoms with Gasteiger partial charge in [-0.15, -0.1) is 0 Å². The SMILES string of the molecule is C/C=C1\[C@H](OC2OC(CO)C(O)C(O)C2O)OC=C(C(=O)OC)[C@H]1CC(=O)OCC1OC(OCCc2ccc(O)cc2)C(O)C(O)C1O. The van der Waals surface area contributed by atoms with Crippen LogP contribution < -0.4 is 0 Å². The lowest BCUT2D eigenvalue weighted by molar-refractivity contribution is -0.327. The van der Waals surface area contributed by atoms with Crippen molar-refractivity contribution in [1.29, 1.82) is 0 Å². The second-order valence-electron chi connectivity index (χ2n) is 11.4. The number of esters is 2. The lowest BCUT2D eigenvalue weighted by atomic mass is 9.86. The summed E-state index contributed by atoms with van der Waals surface area (Å²) in [6.45, 7) is 0.335. The number of aromatic hydroxyl groups is 1. The summed E-state index contributed by atoms with van der Waals surface area (Å²) in [7, 11) is 1.12. The van der Waals surface area contributed by atoms with E-state index in [1.165, 1.54) is 18.2 Å². The highest BCUT2D eigenvalue weighted by Gasteiger charge is 2.48. The molecular formula is C31H42O17. The molecule has 0 spiro atoms. The minimum atomic E-state index is -1.75. The Morgan fingerprint density at radius 1 is 0.875 bits per heavy atom. The smallest absolute Gasteiger partial charge is 0.337 e. The average Bonchev–Trinajstić information content (AvgIpc) is 3.08. The number of carbonyl (C=O) groups is 2. The first-order valence-corrected chi connectivity index (χ1v) is 15.2. The molecule has 2 saturated heterocycles. The summed E-state index contributed by atoms with van der Waals surface area (Å²) in [4.78, 5) is 25.7. The highest BCUT2D eigenvalue weighted by atomic mass is 16.8. The molecule has 268 valence electrons. The number of aliphatic hydroxyl groups excluding tert-OH is 7. The molecule has 48 heavy (non-hydrogen) atoms. The number of rotatable bonds is 12. The second kappa shape index (κ2) is 17.0. The lowest BCUT2D eigenvalue weighted by Gasteiger charge is -2.42. The van der Waals surface area contributed by atoms with Gasteiger partial charge in [-0.3, -0.25) is 4.79 Å². The van der Waals surface area contributed by atoms with E-state index >= 15 is 0 Å². The minimum Gasteiger partial charge on any atom is -0.508 e. The lowest BCUT2D eigenvalue weighted by Crippen LogP contribution is -2.60. The maximum absolute atomic E-state index is 13.1. The van der Waals surface area contributed by atoms with Crippen molar-refractivity contribution in [3.05, 3.63) is 53.3 Å². The van der Waals surface area contributed by atoms with Crippen molar-refractivity contribution in [2.45, 2.75) is 87.5 Å². The quantitative estimate of drug-likeness (QED) is 0.0834. The van der Waals surface area contributed by atoms with E-state index in [1.807, 2.05) is 0 Å². The highest BCUT2D eigenvalue weighted by molar-refractivity contribution is 5.90. The number of carbonyl (C=O) groups excluding carboxylic acids is 2. The Morgan fingerprint density at radius 3 is 2.12 bits per heavy atom.